The maximum absolute atomic E-state index is 12.2. The summed E-state index contributed by atoms with van der Waals surface area (Å²) in [6.45, 7) is 7.79. The third-order valence-electron chi connectivity index (χ3n) is 9.90. The number of aliphatic hydroxyl groups is 2. The lowest BCUT2D eigenvalue weighted by Crippen LogP contribution is -2.62. The van der Waals surface area contributed by atoms with Gasteiger partial charge in [0.25, 0.3) is 0 Å². The Hall–Kier alpha value is -0.910. The molecule has 5 heteroatoms. The summed E-state index contributed by atoms with van der Waals surface area (Å²) >= 11 is 0. The monoisotopic (exact) mass is 418 g/mol. The Morgan fingerprint density at radius 3 is 2.67 bits per heavy atom. The van der Waals surface area contributed by atoms with Crippen molar-refractivity contribution in [3.8, 4) is 0 Å². The summed E-state index contributed by atoms with van der Waals surface area (Å²) in [6, 6.07) is 0. The predicted octanol–water partition coefficient (Wildman–Crippen LogP) is 4.03. The van der Waals surface area contributed by atoms with Crippen molar-refractivity contribution in [3.63, 3.8) is 0 Å². The zero-order chi connectivity index (χ0) is 21.6. The van der Waals surface area contributed by atoms with Gasteiger partial charge in [-0.2, -0.15) is 0 Å². The quantitative estimate of drug-likeness (QED) is 0.357. The number of allylic oxidation sites excluding steroid dienone is 2. The van der Waals surface area contributed by atoms with Crippen molar-refractivity contribution in [2.75, 3.05) is 13.2 Å². The highest BCUT2D eigenvalue weighted by molar-refractivity contribution is 5.77. The van der Waals surface area contributed by atoms with Crippen LogP contribution in [0.2, 0.25) is 0 Å². The van der Waals surface area contributed by atoms with E-state index in [1.807, 2.05) is 0 Å². The molecule has 4 N–H and O–H groups in total. The highest BCUT2D eigenvalue weighted by Crippen LogP contribution is 2.69. The third-order valence-corrected chi connectivity index (χ3v) is 9.90. The number of rotatable bonds is 5. The summed E-state index contributed by atoms with van der Waals surface area (Å²) in [7, 11) is 0. The van der Waals surface area contributed by atoms with Crippen LogP contribution in [0.15, 0.2) is 16.8 Å². The summed E-state index contributed by atoms with van der Waals surface area (Å²) in [5.41, 5.74) is 6.18. The summed E-state index contributed by atoms with van der Waals surface area (Å²) in [6.07, 6.45) is 13.5. The number of fused-ring (bicyclic) bond motifs is 5. The molecule has 4 aliphatic rings. The summed E-state index contributed by atoms with van der Waals surface area (Å²) < 4.78 is 0. The van der Waals surface area contributed by atoms with E-state index in [1.54, 1.807) is 6.21 Å². The molecule has 0 heterocycles. The number of hydrogen-bond acceptors (Lipinski definition) is 5. The van der Waals surface area contributed by atoms with Gasteiger partial charge in [-0.15, -0.1) is 0 Å². The summed E-state index contributed by atoms with van der Waals surface area (Å²) in [5.74, 6) is 1.99. The van der Waals surface area contributed by atoms with Gasteiger partial charge in [-0.25, -0.2) is 0 Å². The van der Waals surface area contributed by atoms with E-state index in [-0.39, 0.29) is 16.9 Å². The average molecular weight is 419 g/mol. The lowest BCUT2D eigenvalue weighted by molar-refractivity contribution is -0.207. The van der Waals surface area contributed by atoms with E-state index in [9.17, 15) is 10.2 Å². The molecule has 30 heavy (non-hydrogen) atoms. The Kier molecular flexibility index (Phi) is 6.10. The van der Waals surface area contributed by atoms with Crippen LogP contribution in [0.3, 0.4) is 0 Å². The maximum atomic E-state index is 12.2. The second kappa shape index (κ2) is 8.22. The van der Waals surface area contributed by atoms with E-state index in [2.05, 4.69) is 32.0 Å². The first-order valence-corrected chi connectivity index (χ1v) is 12.2. The second-order valence-corrected chi connectivity index (χ2v) is 11.2. The minimum atomic E-state index is -0.575. The SMILES string of the molecule is CC(/C=N/OCCN)=C\[C@H]1CC[C@]2(O)C3CCC4C[C@@H](O)CC[C@]4(C)C3CC[C@]12C. The first-order chi connectivity index (χ1) is 14.2. The molecule has 8 atom stereocenters. The van der Waals surface area contributed by atoms with Crippen molar-refractivity contribution in [3.05, 3.63) is 11.6 Å². The van der Waals surface area contributed by atoms with Crippen molar-refractivity contribution in [1.29, 1.82) is 0 Å². The van der Waals surface area contributed by atoms with Gasteiger partial charge in [-0.3, -0.25) is 0 Å². The molecule has 0 amide bonds. The highest BCUT2D eigenvalue weighted by Gasteiger charge is 2.66. The topological polar surface area (TPSA) is 88.1 Å². The van der Waals surface area contributed by atoms with E-state index in [0.717, 1.165) is 56.9 Å². The number of nitrogens with two attached hydrogens (primary N) is 1. The van der Waals surface area contributed by atoms with Gasteiger partial charge in [0.05, 0.1) is 17.9 Å². The average Bonchev–Trinajstić information content (AvgIpc) is 2.97. The van der Waals surface area contributed by atoms with Crippen LogP contribution >= 0.6 is 0 Å². The Bertz CT molecular complexity index is 694. The van der Waals surface area contributed by atoms with Crippen molar-refractivity contribution >= 4 is 6.21 Å². The van der Waals surface area contributed by atoms with Gasteiger partial charge >= 0.3 is 0 Å². The van der Waals surface area contributed by atoms with Gasteiger partial charge in [0.2, 0.25) is 0 Å². The summed E-state index contributed by atoms with van der Waals surface area (Å²) in [4.78, 5) is 5.15. The van der Waals surface area contributed by atoms with Crippen molar-refractivity contribution in [2.45, 2.75) is 90.3 Å². The van der Waals surface area contributed by atoms with E-state index in [1.165, 1.54) is 6.42 Å². The van der Waals surface area contributed by atoms with Crippen LogP contribution in [0, 0.1) is 34.5 Å². The van der Waals surface area contributed by atoms with Crippen molar-refractivity contribution in [1.82, 2.24) is 0 Å². The molecule has 4 rings (SSSR count). The fourth-order valence-electron chi connectivity index (χ4n) is 8.10. The van der Waals surface area contributed by atoms with Gasteiger partial charge in [0.1, 0.15) is 6.61 Å². The molecule has 0 aromatic rings. The molecular formula is C25H42N2O3. The molecule has 0 spiro atoms. The van der Waals surface area contributed by atoms with Crippen LogP contribution in [0.5, 0.6) is 0 Å². The lowest BCUT2D eigenvalue weighted by atomic mass is 9.43. The minimum Gasteiger partial charge on any atom is -0.394 e. The van der Waals surface area contributed by atoms with Gasteiger partial charge in [0.15, 0.2) is 0 Å². The fourth-order valence-corrected chi connectivity index (χ4v) is 8.10. The van der Waals surface area contributed by atoms with Gasteiger partial charge in [0, 0.05) is 12.0 Å². The smallest absolute Gasteiger partial charge is 0.129 e. The van der Waals surface area contributed by atoms with E-state index in [0.29, 0.717) is 36.8 Å². The number of hydrogen-bond donors (Lipinski definition) is 3. The molecule has 0 bridgehead atoms. The fraction of sp³-hybridized carbons (Fsp3) is 0.880. The molecule has 170 valence electrons. The molecule has 0 aromatic carbocycles. The van der Waals surface area contributed by atoms with Crippen molar-refractivity contribution in [2.24, 2.45) is 45.4 Å². The molecule has 3 unspecified atom stereocenters. The predicted molar refractivity (Wildman–Crippen MR) is 120 cm³/mol. The van der Waals surface area contributed by atoms with E-state index < -0.39 is 5.60 Å². The summed E-state index contributed by atoms with van der Waals surface area (Å²) in [5, 5.41) is 26.4. The van der Waals surface area contributed by atoms with Gasteiger partial charge < -0.3 is 20.8 Å². The van der Waals surface area contributed by atoms with Crippen LogP contribution < -0.4 is 5.73 Å². The van der Waals surface area contributed by atoms with E-state index in [4.69, 9.17) is 10.6 Å². The second-order valence-electron chi connectivity index (χ2n) is 11.2. The van der Waals surface area contributed by atoms with Crippen LogP contribution in [0.1, 0.15) is 78.6 Å². The number of nitrogens with zero attached hydrogens (tertiary/aromatic N) is 1. The molecule has 4 fully saturated rings. The molecule has 0 saturated heterocycles. The van der Waals surface area contributed by atoms with Gasteiger partial charge in [-0.05, 0) is 99.4 Å². The molecule has 0 aromatic heterocycles. The molecule has 0 aliphatic heterocycles. The lowest BCUT2D eigenvalue weighted by Gasteiger charge is -2.63. The molecular weight excluding hydrogens is 376 g/mol. The van der Waals surface area contributed by atoms with Crippen LogP contribution in [0.4, 0.5) is 0 Å². The Morgan fingerprint density at radius 2 is 1.90 bits per heavy atom. The maximum Gasteiger partial charge on any atom is 0.129 e. The molecule has 5 nitrogen and oxygen atoms in total. The number of aliphatic hydroxyl groups excluding tert-OH is 1. The number of oxime groups is 1. The Labute approximate surface area is 182 Å². The normalized spacial score (nSPS) is 48.9. The minimum absolute atomic E-state index is 0.0707. The first-order valence-electron chi connectivity index (χ1n) is 12.2. The molecule has 0 radical (unpaired) electrons. The Balaban J connectivity index is 1.54. The standard InChI is InChI=1S/C25H42N2O3/c1-17(16-27-30-13-12-26)14-19-6-11-25(29)22-5-4-18-15-20(28)7-9-23(18,2)21(22)8-10-24(19,25)3/h14,16,18-22,28-29H,4-13,15,26H2,1-3H3/b17-14+,27-16+/t18?,19-,20+,21?,22?,23+,24-,25+/m1/s1. The highest BCUT2D eigenvalue weighted by atomic mass is 16.6. The van der Waals surface area contributed by atoms with Crippen LogP contribution in [-0.4, -0.2) is 41.3 Å². The van der Waals surface area contributed by atoms with Crippen LogP contribution in [0.25, 0.3) is 0 Å². The van der Waals surface area contributed by atoms with Crippen molar-refractivity contribution < 1.29 is 15.1 Å². The first kappa shape index (κ1) is 22.3. The Morgan fingerprint density at radius 1 is 1.10 bits per heavy atom. The van der Waals surface area contributed by atoms with E-state index >= 15 is 0 Å². The largest absolute Gasteiger partial charge is 0.394 e. The zero-order valence-electron chi connectivity index (χ0n) is 19.1. The third kappa shape index (κ3) is 3.45. The molecule has 4 aliphatic carbocycles. The zero-order valence-corrected chi connectivity index (χ0v) is 19.1. The molecule has 4 saturated carbocycles. The van der Waals surface area contributed by atoms with Crippen LogP contribution in [-0.2, 0) is 4.84 Å². The van der Waals surface area contributed by atoms with Gasteiger partial charge in [-0.1, -0.05) is 25.1 Å².